The quantitative estimate of drug-likeness (QED) is 0.823. The molecule has 17 heavy (non-hydrogen) atoms. The van der Waals surface area contributed by atoms with Crippen molar-refractivity contribution in [3.63, 3.8) is 0 Å². The van der Waals surface area contributed by atoms with Gasteiger partial charge in [-0.2, -0.15) is 0 Å². The Kier molecular flexibility index (Phi) is 3.48. The van der Waals surface area contributed by atoms with Crippen molar-refractivity contribution < 1.29 is 9.90 Å². The summed E-state index contributed by atoms with van der Waals surface area (Å²) >= 11 is 0. The van der Waals surface area contributed by atoms with Crippen LogP contribution in [-0.4, -0.2) is 35.1 Å². The summed E-state index contributed by atoms with van der Waals surface area (Å²) in [5.41, 5.74) is 0.292. The van der Waals surface area contributed by atoms with Gasteiger partial charge in [0, 0.05) is 6.54 Å². The lowest BCUT2D eigenvalue weighted by atomic mass is 9.91. The third-order valence-electron chi connectivity index (χ3n) is 4.39. The van der Waals surface area contributed by atoms with Crippen LogP contribution in [0.25, 0.3) is 0 Å². The molecule has 3 atom stereocenters. The van der Waals surface area contributed by atoms with Crippen molar-refractivity contribution in [1.82, 2.24) is 4.90 Å². The molecule has 1 aliphatic heterocycles. The molecular formula is C14H25NO2. The van der Waals surface area contributed by atoms with Crippen LogP contribution in [0, 0.1) is 17.3 Å². The first-order chi connectivity index (χ1) is 7.88. The summed E-state index contributed by atoms with van der Waals surface area (Å²) in [6, 6.07) is -0.204. The molecule has 1 saturated heterocycles. The maximum Gasteiger partial charge on any atom is 0.321 e. The van der Waals surface area contributed by atoms with Gasteiger partial charge in [0.15, 0.2) is 0 Å². The highest BCUT2D eigenvalue weighted by molar-refractivity contribution is 5.74. The van der Waals surface area contributed by atoms with E-state index < -0.39 is 5.97 Å². The summed E-state index contributed by atoms with van der Waals surface area (Å²) in [5.74, 6) is 0.469. The van der Waals surface area contributed by atoms with Crippen molar-refractivity contribution >= 4 is 5.97 Å². The highest BCUT2D eigenvalue weighted by Crippen LogP contribution is 2.42. The third kappa shape index (κ3) is 2.82. The Hall–Kier alpha value is -0.570. The summed E-state index contributed by atoms with van der Waals surface area (Å²) in [5, 5.41) is 9.42. The lowest BCUT2D eigenvalue weighted by Crippen LogP contribution is -2.40. The number of hydrogen-bond donors (Lipinski definition) is 1. The van der Waals surface area contributed by atoms with E-state index in [-0.39, 0.29) is 6.04 Å². The number of aliphatic carboxylic acids is 1. The summed E-state index contributed by atoms with van der Waals surface area (Å²) < 4.78 is 0. The van der Waals surface area contributed by atoms with Gasteiger partial charge in [-0.05, 0) is 43.1 Å². The van der Waals surface area contributed by atoms with E-state index in [2.05, 4.69) is 25.7 Å². The normalized spacial score (nSPS) is 33.9. The van der Waals surface area contributed by atoms with E-state index in [9.17, 15) is 9.90 Å². The maximum atomic E-state index is 11.4. The molecule has 3 heteroatoms. The van der Waals surface area contributed by atoms with Crippen LogP contribution in [0.2, 0.25) is 0 Å². The largest absolute Gasteiger partial charge is 0.480 e. The van der Waals surface area contributed by atoms with E-state index in [1.165, 1.54) is 12.8 Å². The SMILES string of the molecule is CC(C)(C)CCN1CC2CCCC2C1C(=O)O. The summed E-state index contributed by atoms with van der Waals surface area (Å²) in [7, 11) is 0. The number of carbonyl (C=O) groups is 1. The van der Waals surface area contributed by atoms with Crippen LogP contribution in [0.3, 0.4) is 0 Å². The van der Waals surface area contributed by atoms with Crippen LogP contribution in [0.5, 0.6) is 0 Å². The molecule has 0 aromatic rings. The fourth-order valence-electron chi connectivity index (χ4n) is 3.44. The van der Waals surface area contributed by atoms with E-state index in [1.54, 1.807) is 0 Å². The second kappa shape index (κ2) is 4.60. The Morgan fingerprint density at radius 1 is 1.35 bits per heavy atom. The first kappa shape index (κ1) is 12.9. The van der Waals surface area contributed by atoms with Gasteiger partial charge in [-0.3, -0.25) is 9.69 Å². The molecule has 1 saturated carbocycles. The third-order valence-corrected chi connectivity index (χ3v) is 4.39. The number of carboxylic acids is 1. The van der Waals surface area contributed by atoms with Crippen molar-refractivity contribution in [3.8, 4) is 0 Å². The van der Waals surface area contributed by atoms with E-state index in [0.717, 1.165) is 25.9 Å². The second-order valence-electron chi connectivity index (χ2n) is 6.94. The number of fused-ring (bicyclic) bond motifs is 1. The fourth-order valence-corrected chi connectivity index (χ4v) is 3.44. The Morgan fingerprint density at radius 3 is 2.65 bits per heavy atom. The number of rotatable bonds is 3. The van der Waals surface area contributed by atoms with Crippen molar-refractivity contribution in [3.05, 3.63) is 0 Å². The Bertz CT molecular complexity index is 295. The minimum absolute atomic E-state index is 0.204. The zero-order valence-electron chi connectivity index (χ0n) is 11.3. The average Bonchev–Trinajstić information content (AvgIpc) is 2.70. The minimum Gasteiger partial charge on any atom is -0.480 e. The van der Waals surface area contributed by atoms with Gasteiger partial charge >= 0.3 is 5.97 Å². The van der Waals surface area contributed by atoms with Crippen molar-refractivity contribution in [2.45, 2.75) is 52.5 Å². The lowest BCUT2D eigenvalue weighted by molar-refractivity contribution is -0.143. The molecule has 2 fully saturated rings. The molecule has 0 radical (unpaired) electrons. The van der Waals surface area contributed by atoms with Gasteiger partial charge in [0.05, 0.1) is 0 Å². The van der Waals surface area contributed by atoms with E-state index in [1.807, 2.05) is 0 Å². The van der Waals surface area contributed by atoms with Gasteiger partial charge in [0.2, 0.25) is 0 Å². The molecule has 3 unspecified atom stereocenters. The van der Waals surface area contributed by atoms with Crippen LogP contribution in [0.4, 0.5) is 0 Å². The highest BCUT2D eigenvalue weighted by Gasteiger charge is 2.47. The Morgan fingerprint density at radius 2 is 2.06 bits per heavy atom. The molecule has 0 aromatic heterocycles. The van der Waals surface area contributed by atoms with Gasteiger partial charge in [0.25, 0.3) is 0 Å². The molecule has 1 aliphatic carbocycles. The number of carboxylic acid groups (broad SMARTS) is 1. The van der Waals surface area contributed by atoms with Crippen LogP contribution < -0.4 is 0 Å². The Balaban J connectivity index is 1.99. The first-order valence-electron chi connectivity index (χ1n) is 6.85. The molecule has 2 rings (SSSR count). The van der Waals surface area contributed by atoms with Gasteiger partial charge in [-0.15, -0.1) is 0 Å². The smallest absolute Gasteiger partial charge is 0.321 e. The maximum absolute atomic E-state index is 11.4. The van der Waals surface area contributed by atoms with E-state index in [4.69, 9.17) is 0 Å². The molecule has 0 bridgehead atoms. The van der Waals surface area contributed by atoms with Gasteiger partial charge < -0.3 is 5.11 Å². The number of likely N-dealkylation sites (tertiary alicyclic amines) is 1. The van der Waals surface area contributed by atoms with E-state index >= 15 is 0 Å². The lowest BCUT2D eigenvalue weighted by Gasteiger charge is -2.27. The Labute approximate surface area is 104 Å². The van der Waals surface area contributed by atoms with Crippen LogP contribution in [0.1, 0.15) is 46.5 Å². The van der Waals surface area contributed by atoms with Crippen LogP contribution in [0.15, 0.2) is 0 Å². The predicted molar refractivity (Wildman–Crippen MR) is 67.9 cm³/mol. The van der Waals surface area contributed by atoms with Crippen LogP contribution in [-0.2, 0) is 4.79 Å². The summed E-state index contributed by atoms with van der Waals surface area (Å²) in [4.78, 5) is 13.7. The molecule has 1 N–H and O–H groups in total. The molecule has 98 valence electrons. The number of hydrogen-bond acceptors (Lipinski definition) is 2. The van der Waals surface area contributed by atoms with Gasteiger partial charge in [-0.1, -0.05) is 27.2 Å². The average molecular weight is 239 g/mol. The monoisotopic (exact) mass is 239 g/mol. The topological polar surface area (TPSA) is 40.5 Å². The van der Waals surface area contributed by atoms with Crippen molar-refractivity contribution in [2.75, 3.05) is 13.1 Å². The zero-order chi connectivity index (χ0) is 12.6. The summed E-state index contributed by atoms with van der Waals surface area (Å²) in [6.45, 7) is 8.62. The molecule has 3 nitrogen and oxygen atoms in total. The molecule has 2 aliphatic rings. The first-order valence-corrected chi connectivity index (χ1v) is 6.85. The van der Waals surface area contributed by atoms with Crippen LogP contribution >= 0.6 is 0 Å². The summed E-state index contributed by atoms with van der Waals surface area (Å²) in [6.07, 6.45) is 4.66. The highest BCUT2D eigenvalue weighted by atomic mass is 16.4. The van der Waals surface area contributed by atoms with Crippen molar-refractivity contribution in [1.29, 1.82) is 0 Å². The molecular weight excluding hydrogens is 214 g/mol. The standard InChI is InChI=1S/C14H25NO2/c1-14(2,3)7-8-15-9-10-5-4-6-11(10)12(15)13(16)17/h10-12H,4-9H2,1-3H3,(H,16,17). The predicted octanol–water partition coefficient (Wildman–Crippen LogP) is 2.61. The molecule has 0 amide bonds. The fraction of sp³-hybridized carbons (Fsp3) is 0.929. The van der Waals surface area contributed by atoms with Gasteiger partial charge in [0.1, 0.15) is 6.04 Å². The van der Waals surface area contributed by atoms with Crippen molar-refractivity contribution in [2.24, 2.45) is 17.3 Å². The number of nitrogens with zero attached hydrogens (tertiary/aromatic N) is 1. The molecule has 0 aromatic carbocycles. The minimum atomic E-state index is -0.603. The van der Waals surface area contributed by atoms with E-state index in [0.29, 0.717) is 17.3 Å². The molecule has 1 heterocycles. The second-order valence-corrected chi connectivity index (χ2v) is 6.94. The van der Waals surface area contributed by atoms with Gasteiger partial charge in [-0.25, -0.2) is 0 Å². The zero-order valence-corrected chi connectivity index (χ0v) is 11.3. The molecule has 0 spiro atoms.